The highest BCUT2D eigenvalue weighted by Gasteiger charge is 2.39. The number of hydrogen-bond acceptors (Lipinski definition) is 2. The zero-order valence-electron chi connectivity index (χ0n) is 9.55. The van der Waals surface area contributed by atoms with Crippen molar-refractivity contribution < 1.29 is 18.7 Å². The molecule has 2 rings (SSSR count). The van der Waals surface area contributed by atoms with E-state index in [0.29, 0.717) is 0 Å². The Labute approximate surface area is 108 Å². The Morgan fingerprint density at radius 1 is 1.44 bits per heavy atom. The van der Waals surface area contributed by atoms with Gasteiger partial charge in [-0.2, -0.15) is 8.78 Å². The number of aliphatic carboxylic acids is 1. The number of carboxylic acid groups (broad SMARTS) is 1. The molecule has 0 aliphatic heterocycles. The number of halogens is 3. The first-order valence-corrected chi connectivity index (χ1v) is 6.06. The maximum atomic E-state index is 13.2. The molecule has 0 bridgehead atoms. The number of rotatable bonds is 3. The lowest BCUT2D eigenvalue weighted by atomic mass is 9.94. The van der Waals surface area contributed by atoms with E-state index in [9.17, 15) is 13.6 Å². The van der Waals surface area contributed by atoms with Crippen molar-refractivity contribution in [1.82, 2.24) is 4.98 Å². The summed E-state index contributed by atoms with van der Waals surface area (Å²) >= 11 is 5.83. The van der Waals surface area contributed by atoms with Gasteiger partial charge in [-0.25, -0.2) is 9.78 Å². The van der Waals surface area contributed by atoms with Crippen molar-refractivity contribution in [2.24, 2.45) is 0 Å². The van der Waals surface area contributed by atoms with Crippen LogP contribution in [-0.4, -0.2) is 22.0 Å². The van der Waals surface area contributed by atoms with Gasteiger partial charge in [0.15, 0.2) is 0 Å². The predicted octanol–water partition coefficient (Wildman–Crippen LogP) is 2.88. The van der Waals surface area contributed by atoms with Crippen molar-refractivity contribution in [2.45, 2.75) is 38.0 Å². The summed E-state index contributed by atoms with van der Waals surface area (Å²) in [4.78, 5) is 14.5. The molecule has 0 aromatic carbocycles. The summed E-state index contributed by atoms with van der Waals surface area (Å²) < 4.78 is 26.3. The van der Waals surface area contributed by atoms with Crippen LogP contribution < -0.4 is 0 Å². The number of aryl methyl sites for hydroxylation is 2. The van der Waals surface area contributed by atoms with Crippen molar-refractivity contribution in [1.29, 1.82) is 0 Å². The van der Waals surface area contributed by atoms with Crippen molar-refractivity contribution in [2.75, 3.05) is 0 Å². The van der Waals surface area contributed by atoms with Crippen LogP contribution in [0.5, 0.6) is 0 Å². The molecule has 98 valence electrons. The Bertz CT molecular complexity index is 491. The van der Waals surface area contributed by atoms with Crippen molar-refractivity contribution in [3.63, 3.8) is 0 Å². The van der Waals surface area contributed by atoms with Crippen LogP contribution in [0.15, 0.2) is 6.07 Å². The number of hydrogen-bond donors (Lipinski definition) is 1. The van der Waals surface area contributed by atoms with E-state index in [4.69, 9.17) is 16.7 Å². The molecule has 0 radical (unpaired) electrons. The normalized spacial score (nSPS) is 15.3. The van der Waals surface area contributed by atoms with Crippen LogP contribution >= 0.6 is 11.6 Å². The van der Waals surface area contributed by atoms with Crippen LogP contribution in [0.2, 0.25) is 5.15 Å². The highest BCUT2D eigenvalue weighted by atomic mass is 35.5. The van der Waals surface area contributed by atoms with Gasteiger partial charge < -0.3 is 5.11 Å². The summed E-state index contributed by atoms with van der Waals surface area (Å²) in [6.07, 6.45) is 2.67. The number of nitrogens with zero attached hydrogens (tertiary/aromatic N) is 1. The van der Waals surface area contributed by atoms with Gasteiger partial charge in [0.25, 0.3) is 0 Å². The van der Waals surface area contributed by atoms with Crippen LogP contribution in [0, 0.1) is 0 Å². The van der Waals surface area contributed by atoms with Gasteiger partial charge in [-0.15, -0.1) is 0 Å². The molecule has 1 heterocycles. The first kappa shape index (κ1) is 13.2. The Morgan fingerprint density at radius 3 is 2.78 bits per heavy atom. The largest absolute Gasteiger partial charge is 0.477 e. The molecule has 1 aromatic rings. The van der Waals surface area contributed by atoms with E-state index < -0.39 is 18.3 Å². The molecular weight excluding hydrogens is 264 g/mol. The maximum absolute atomic E-state index is 13.2. The fraction of sp³-hybridized carbons (Fsp3) is 0.500. The molecule has 1 aliphatic carbocycles. The van der Waals surface area contributed by atoms with Crippen LogP contribution in [0.3, 0.4) is 0 Å². The fourth-order valence-corrected chi connectivity index (χ4v) is 2.32. The quantitative estimate of drug-likeness (QED) is 0.863. The minimum atomic E-state index is -3.81. The molecule has 0 saturated carbocycles. The van der Waals surface area contributed by atoms with E-state index in [-0.39, 0.29) is 10.7 Å². The predicted molar refractivity (Wildman–Crippen MR) is 62.2 cm³/mol. The molecule has 1 N–H and O–H groups in total. The number of fused-ring (bicyclic) bond motifs is 1. The van der Waals surface area contributed by atoms with E-state index in [1.54, 1.807) is 6.07 Å². The zero-order valence-corrected chi connectivity index (χ0v) is 10.3. The van der Waals surface area contributed by atoms with Gasteiger partial charge in [0.2, 0.25) is 0 Å². The van der Waals surface area contributed by atoms with Gasteiger partial charge in [-0.05, 0) is 36.8 Å². The summed E-state index contributed by atoms with van der Waals surface area (Å²) in [6, 6.07) is 1.57. The van der Waals surface area contributed by atoms with E-state index in [0.717, 1.165) is 36.9 Å². The number of pyridine rings is 1. The zero-order chi connectivity index (χ0) is 13.3. The summed E-state index contributed by atoms with van der Waals surface area (Å²) in [7, 11) is 0. The number of aromatic nitrogens is 1. The topological polar surface area (TPSA) is 50.2 Å². The summed E-state index contributed by atoms with van der Waals surface area (Å²) in [5.74, 6) is -5.95. The number of alkyl halides is 2. The van der Waals surface area contributed by atoms with Crippen LogP contribution in [-0.2, 0) is 24.1 Å². The van der Waals surface area contributed by atoms with Gasteiger partial charge in [0, 0.05) is 5.69 Å². The van der Waals surface area contributed by atoms with Crippen LogP contribution in [0.25, 0.3) is 0 Å². The van der Waals surface area contributed by atoms with E-state index in [2.05, 4.69) is 4.98 Å². The second-order valence-electron chi connectivity index (χ2n) is 4.44. The van der Waals surface area contributed by atoms with E-state index >= 15 is 0 Å². The summed E-state index contributed by atoms with van der Waals surface area (Å²) in [5.41, 5.74) is 1.85. The molecule has 1 aliphatic rings. The maximum Gasteiger partial charge on any atom is 0.374 e. The van der Waals surface area contributed by atoms with Crippen molar-refractivity contribution >= 4 is 17.6 Å². The van der Waals surface area contributed by atoms with Gasteiger partial charge in [0.1, 0.15) is 5.15 Å². The Hall–Kier alpha value is -1.23. The fourth-order valence-electron chi connectivity index (χ4n) is 2.09. The SMILES string of the molecule is O=C(O)C(F)(F)Cc1cc2c(nc1Cl)CCCC2. The molecule has 1 aromatic heterocycles. The molecule has 3 nitrogen and oxygen atoms in total. The highest BCUT2D eigenvalue weighted by Crippen LogP contribution is 2.29. The van der Waals surface area contributed by atoms with Gasteiger partial charge in [-0.3, -0.25) is 0 Å². The van der Waals surface area contributed by atoms with Crippen LogP contribution in [0.4, 0.5) is 8.78 Å². The number of carbonyl (C=O) groups is 1. The molecule has 0 amide bonds. The second-order valence-corrected chi connectivity index (χ2v) is 4.80. The molecule has 0 unspecified atom stereocenters. The third kappa shape index (κ3) is 2.61. The average Bonchev–Trinajstić information content (AvgIpc) is 2.29. The monoisotopic (exact) mass is 275 g/mol. The summed E-state index contributed by atoms with van der Waals surface area (Å²) in [5, 5.41) is 8.40. The number of carboxylic acids is 1. The average molecular weight is 276 g/mol. The van der Waals surface area contributed by atoms with E-state index in [1.165, 1.54) is 0 Å². The van der Waals surface area contributed by atoms with Crippen molar-refractivity contribution in [3.05, 3.63) is 28.0 Å². The third-order valence-corrected chi connectivity index (χ3v) is 3.38. The molecule has 6 heteroatoms. The molecule has 18 heavy (non-hydrogen) atoms. The van der Waals surface area contributed by atoms with Gasteiger partial charge in [-0.1, -0.05) is 17.7 Å². The Balaban J connectivity index is 2.31. The minimum Gasteiger partial charge on any atom is -0.477 e. The lowest BCUT2D eigenvalue weighted by molar-refractivity contribution is -0.164. The third-order valence-electron chi connectivity index (χ3n) is 3.05. The summed E-state index contributed by atoms with van der Waals surface area (Å²) in [6.45, 7) is 0. The van der Waals surface area contributed by atoms with E-state index in [1.807, 2.05) is 0 Å². The smallest absolute Gasteiger partial charge is 0.374 e. The standard InChI is InChI=1S/C12H12ClF2NO2/c13-10-8(6-12(14,15)11(17)18)5-7-3-1-2-4-9(7)16-10/h5H,1-4,6H2,(H,17,18). The molecular formula is C12H12ClF2NO2. The van der Waals surface area contributed by atoms with Gasteiger partial charge >= 0.3 is 11.9 Å². The molecule has 0 saturated heterocycles. The first-order valence-electron chi connectivity index (χ1n) is 5.68. The van der Waals surface area contributed by atoms with Crippen molar-refractivity contribution in [3.8, 4) is 0 Å². The minimum absolute atomic E-state index is 0.0171. The Morgan fingerprint density at radius 2 is 2.11 bits per heavy atom. The molecule has 0 atom stereocenters. The molecule has 0 spiro atoms. The van der Waals surface area contributed by atoms with Crippen LogP contribution in [0.1, 0.15) is 29.7 Å². The van der Waals surface area contributed by atoms with Gasteiger partial charge in [0.05, 0.1) is 6.42 Å². The second kappa shape index (κ2) is 4.80. The molecule has 0 fully saturated rings. The lowest BCUT2D eigenvalue weighted by Gasteiger charge is -2.18. The Kier molecular flexibility index (Phi) is 3.52. The highest BCUT2D eigenvalue weighted by molar-refractivity contribution is 6.30. The lowest BCUT2D eigenvalue weighted by Crippen LogP contribution is -2.31. The first-order chi connectivity index (χ1) is 8.40.